The molecule has 18 heavy (non-hydrogen) atoms. The number of carbonyl (C=O) groups excluding carboxylic acids is 1. The fourth-order valence-corrected chi connectivity index (χ4v) is 1.54. The van der Waals surface area contributed by atoms with Crippen molar-refractivity contribution in [1.82, 2.24) is 5.32 Å². The normalized spacial score (nSPS) is 13.8. The Morgan fingerprint density at radius 1 is 1.39 bits per heavy atom. The first-order valence-electron chi connectivity index (χ1n) is 5.59. The summed E-state index contributed by atoms with van der Waals surface area (Å²) in [6, 6.07) is 2.03. The molecule has 0 saturated heterocycles. The van der Waals surface area contributed by atoms with Crippen molar-refractivity contribution in [3.05, 3.63) is 29.8 Å². The summed E-state index contributed by atoms with van der Waals surface area (Å²) in [4.78, 5) is 11.5. The monoisotopic (exact) mass is 258 g/mol. The number of hydrogen-bond donors (Lipinski definition) is 3. The number of nitrogens with one attached hydrogen (secondary N) is 2. The molecular weight excluding hydrogens is 242 g/mol. The first-order valence-corrected chi connectivity index (χ1v) is 5.59. The maximum atomic E-state index is 13.2. The van der Waals surface area contributed by atoms with Gasteiger partial charge in [0.05, 0.1) is 11.8 Å². The predicted molar refractivity (Wildman–Crippen MR) is 64.3 cm³/mol. The van der Waals surface area contributed by atoms with E-state index < -0.39 is 23.8 Å². The second-order valence-corrected chi connectivity index (χ2v) is 4.21. The van der Waals surface area contributed by atoms with Crippen molar-refractivity contribution in [1.29, 1.82) is 0 Å². The van der Waals surface area contributed by atoms with Crippen LogP contribution in [0.3, 0.4) is 0 Å². The Morgan fingerprint density at radius 2 is 2.06 bits per heavy atom. The molecule has 0 bridgehead atoms. The third-order valence-corrected chi connectivity index (χ3v) is 2.25. The standard InChI is InChI=1S/C12H16F2N2O2/c1-7(5-8(2)17)15-12(18)16-11-4-3-9(13)6-10(11)14/h3-4,6-8,17H,5H2,1-2H3,(H2,15,16,18). The molecule has 1 aromatic carbocycles. The Morgan fingerprint density at radius 3 is 2.61 bits per heavy atom. The number of hydrogen-bond acceptors (Lipinski definition) is 2. The molecule has 2 amide bonds. The smallest absolute Gasteiger partial charge is 0.319 e. The van der Waals surface area contributed by atoms with E-state index in [1.807, 2.05) is 0 Å². The van der Waals surface area contributed by atoms with Gasteiger partial charge >= 0.3 is 6.03 Å². The number of rotatable bonds is 4. The molecule has 0 fully saturated rings. The highest BCUT2D eigenvalue weighted by Gasteiger charge is 2.11. The van der Waals surface area contributed by atoms with Gasteiger partial charge < -0.3 is 15.7 Å². The largest absolute Gasteiger partial charge is 0.393 e. The number of benzene rings is 1. The minimum Gasteiger partial charge on any atom is -0.393 e. The molecule has 0 aromatic heterocycles. The highest BCUT2D eigenvalue weighted by Crippen LogP contribution is 2.14. The summed E-state index contributed by atoms with van der Waals surface area (Å²) in [6.07, 6.45) is -0.151. The Hall–Kier alpha value is -1.69. The number of carbonyl (C=O) groups is 1. The minimum absolute atomic E-state index is 0.0989. The lowest BCUT2D eigenvalue weighted by Crippen LogP contribution is -2.37. The van der Waals surface area contributed by atoms with Gasteiger partial charge in [-0.15, -0.1) is 0 Å². The van der Waals surface area contributed by atoms with E-state index in [-0.39, 0.29) is 11.7 Å². The molecule has 2 atom stereocenters. The average molecular weight is 258 g/mol. The molecule has 0 aliphatic rings. The molecule has 3 N–H and O–H groups in total. The molecule has 0 spiro atoms. The van der Waals surface area contributed by atoms with Crippen LogP contribution in [0.25, 0.3) is 0 Å². The summed E-state index contributed by atoms with van der Waals surface area (Å²) in [6.45, 7) is 3.32. The second-order valence-electron chi connectivity index (χ2n) is 4.21. The SMILES string of the molecule is CC(O)CC(C)NC(=O)Nc1ccc(F)cc1F. The van der Waals surface area contributed by atoms with Gasteiger partial charge in [0, 0.05) is 12.1 Å². The van der Waals surface area contributed by atoms with Crippen LogP contribution in [0.1, 0.15) is 20.3 Å². The maximum absolute atomic E-state index is 13.2. The average Bonchev–Trinajstić information content (AvgIpc) is 2.20. The summed E-state index contributed by atoms with van der Waals surface area (Å²) < 4.78 is 25.9. The zero-order chi connectivity index (χ0) is 13.7. The van der Waals surface area contributed by atoms with Crippen LogP contribution in [0.2, 0.25) is 0 Å². The summed E-state index contributed by atoms with van der Waals surface area (Å²) >= 11 is 0. The van der Waals surface area contributed by atoms with Gasteiger partial charge in [0.15, 0.2) is 0 Å². The van der Waals surface area contributed by atoms with E-state index in [9.17, 15) is 13.6 Å². The van der Waals surface area contributed by atoms with Gasteiger partial charge in [0.25, 0.3) is 0 Å². The van der Waals surface area contributed by atoms with Crippen LogP contribution in [0, 0.1) is 11.6 Å². The zero-order valence-corrected chi connectivity index (χ0v) is 10.2. The Balaban J connectivity index is 2.54. The molecule has 1 rings (SSSR count). The van der Waals surface area contributed by atoms with E-state index in [0.717, 1.165) is 12.1 Å². The van der Waals surface area contributed by atoms with Crippen molar-refractivity contribution in [3.63, 3.8) is 0 Å². The second kappa shape index (κ2) is 6.30. The van der Waals surface area contributed by atoms with Gasteiger partial charge in [-0.05, 0) is 32.4 Å². The first-order chi connectivity index (χ1) is 8.38. The number of anilines is 1. The minimum atomic E-state index is -0.840. The first kappa shape index (κ1) is 14.4. The number of aliphatic hydroxyl groups is 1. The Bertz CT molecular complexity index is 425. The lowest BCUT2D eigenvalue weighted by molar-refractivity contribution is 0.171. The van der Waals surface area contributed by atoms with Gasteiger partial charge in [-0.25, -0.2) is 13.6 Å². The fourth-order valence-electron chi connectivity index (χ4n) is 1.54. The number of aliphatic hydroxyl groups excluding tert-OH is 1. The Kier molecular flexibility index (Phi) is 5.03. The van der Waals surface area contributed by atoms with Crippen LogP contribution < -0.4 is 10.6 Å². The number of urea groups is 1. The van der Waals surface area contributed by atoms with Crippen LogP contribution in [-0.2, 0) is 0 Å². The highest BCUT2D eigenvalue weighted by molar-refractivity contribution is 5.89. The van der Waals surface area contributed by atoms with Gasteiger partial charge in [0.1, 0.15) is 11.6 Å². The molecule has 6 heteroatoms. The molecule has 100 valence electrons. The van der Waals surface area contributed by atoms with Gasteiger partial charge in [-0.3, -0.25) is 0 Å². The van der Waals surface area contributed by atoms with Crippen LogP contribution in [0.4, 0.5) is 19.3 Å². The van der Waals surface area contributed by atoms with Crippen molar-refractivity contribution >= 4 is 11.7 Å². The van der Waals surface area contributed by atoms with E-state index >= 15 is 0 Å². The van der Waals surface area contributed by atoms with Gasteiger partial charge in [-0.1, -0.05) is 0 Å². The molecule has 4 nitrogen and oxygen atoms in total. The fraction of sp³-hybridized carbons (Fsp3) is 0.417. The maximum Gasteiger partial charge on any atom is 0.319 e. The molecule has 0 saturated carbocycles. The summed E-state index contributed by atoms with van der Waals surface area (Å²) in [5.74, 6) is -1.55. The third kappa shape index (κ3) is 4.67. The van der Waals surface area contributed by atoms with E-state index in [1.165, 1.54) is 0 Å². The van der Waals surface area contributed by atoms with Crippen LogP contribution >= 0.6 is 0 Å². The van der Waals surface area contributed by atoms with Crippen molar-refractivity contribution in [2.45, 2.75) is 32.4 Å². The topological polar surface area (TPSA) is 61.4 Å². The van der Waals surface area contributed by atoms with E-state index in [1.54, 1.807) is 13.8 Å². The van der Waals surface area contributed by atoms with Crippen molar-refractivity contribution < 1.29 is 18.7 Å². The van der Waals surface area contributed by atoms with Crippen LogP contribution in [0.5, 0.6) is 0 Å². The molecule has 0 aliphatic heterocycles. The Labute approximate surface area is 104 Å². The molecule has 2 unspecified atom stereocenters. The van der Waals surface area contributed by atoms with Crippen molar-refractivity contribution in [2.75, 3.05) is 5.32 Å². The highest BCUT2D eigenvalue weighted by atomic mass is 19.1. The number of halogens is 2. The van der Waals surface area contributed by atoms with Crippen molar-refractivity contribution in [3.8, 4) is 0 Å². The summed E-state index contributed by atoms with van der Waals surface area (Å²) in [5.41, 5.74) is -0.0989. The molecule has 1 aromatic rings. The van der Waals surface area contributed by atoms with Gasteiger partial charge in [-0.2, -0.15) is 0 Å². The zero-order valence-electron chi connectivity index (χ0n) is 10.2. The molecule has 0 radical (unpaired) electrons. The van der Waals surface area contributed by atoms with E-state index in [4.69, 9.17) is 5.11 Å². The lowest BCUT2D eigenvalue weighted by Gasteiger charge is -2.16. The molecule has 0 heterocycles. The van der Waals surface area contributed by atoms with E-state index in [2.05, 4.69) is 10.6 Å². The van der Waals surface area contributed by atoms with Gasteiger partial charge in [0.2, 0.25) is 0 Å². The molecular formula is C12H16F2N2O2. The summed E-state index contributed by atoms with van der Waals surface area (Å²) in [7, 11) is 0. The van der Waals surface area contributed by atoms with Crippen molar-refractivity contribution in [2.24, 2.45) is 0 Å². The lowest BCUT2D eigenvalue weighted by atomic mass is 10.2. The van der Waals surface area contributed by atoms with Crippen LogP contribution in [-0.4, -0.2) is 23.3 Å². The third-order valence-electron chi connectivity index (χ3n) is 2.25. The quantitative estimate of drug-likeness (QED) is 0.775. The van der Waals surface area contributed by atoms with E-state index in [0.29, 0.717) is 12.5 Å². The molecule has 0 aliphatic carbocycles. The predicted octanol–water partition coefficient (Wildman–Crippen LogP) is 2.25. The van der Waals surface area contributed by atoms with Crippen LogP contribution in [0.15, 0.2) is 18.2 Å². The number of amides is 2. The summed E-state index contributed by atoms with van der Waals surface area (Å²) in [5, 5.41) is 13.9.